The molecular formula is C18H24N2O. The zero-order valence-corrected chi connectivity index (χ0v) is 12.8. The molecule has 0 aliphatic heterocycles. The van der Waals surface area contributed by atoms with Gasteiger partial charge < -0.3 is 10.5 Å². The molecule has 0 aliphatic rings. The summed E-state index contributed by atoms with van der Waals surface area (Å²) in [6.07, 6.45) is 0. The summed E-state index contributed by atoms with van der Waals surface area (Å²) >= 11 is 0. The van der Waals surface area contributed by atoms with Crippen molar-refractivity contribution in [2.24, 2.45) is 5.73 Å². The van der Waals surface area contributed by atoms with Gasteiger partial charge in [0, 0.05) is 19.1 Å². The van der Waals surface area contributed by atoms with Crippen molar-refractivity contribution in [3.05, 3.63) is 65.7 Å². The molecule has 0 heterocycles. The molecule has 0 amide bonds. The number of likely N-dealkylation sites (N-methyl/N-ethyl adjacent to an activating group) is 1. The molecule has 0 aliphatic carbocycles. The highest BCUT2D eigenvalue weighted by Gasteiger charge is 2.18. The lowest BCUT2D eigenvalue weighted by molar-refractivity contribution is 0.203. The number of ether oxygens (including phenoxy) is 1. The van der Waals surface area contributed by atoms with Gasteiger partial charge in [-0.1, -0.05) is 49.4 Å². The van der Waals surface area contributed by atoms with Gasteiger partial charge in [0.25, 0.3) is 0 Å². The molecule has 1 unspecified atom stereocenters. The van der Waals surface area contributed by atoms with Crippen molar-refractivity contribution in [2.75, 3.05) is 20.2 Å². The van der Waals surface area contributed by atoms with Crippen molar-refractivity contribution in [1.82, 2.24) is 4.90 Å². The lowest BCUT2D eigenvalue weighted by atomic mass is 10.0. The van der Waals surface area contributed by atoms with Crippen LogP contribution in [0.5, 0.6) is 5.75 Å². The Balaban J connectivity index is 2.20. The van der Waals surface area contributed by atoms with Crippen LogP contribution in [-0.4, -0.2) is 25.1 Å². The average molecular weight is 284 g/mol. The molecule has 0 aromatic heterocycles. The number of hydrogen-bond donors (Lipinski definition) is 1. The first-order valence-electron chi connectivity index (χ1n) is 7.40. The van der Waals surface area contributed by atoms with Gasteiger partial charge in [0.15, 0.2) is 0 Å². The largest absolute Gasteiger partial charge is 0.497 e. The lowest BCUT2D eigenvalue weighted by Gasteiger charge is -2.30. The Bertz CT molecular complexity index is 542. The number of rotatable bonds is 7. The molecule has 2 N–H and O–H groups in total. The summed E-state index contributed by atoms with van der Waals surface area (Å²) in [5.41, 5.74) is 8.55. The van der Waals surface area contributed by atoms with Crippen molar-refractivity contribution < 1.29 is 4.74 Å². The third-order valence-electron chi connectivity index (χ3n) is 3.78. The van der Waals surface area contributed by atoms with E-state index in [0.717, 1.165) is 18.8 Å². The molecule has 0 bridgehead atoms. The predicted molar refractivity (Wildman–Crippen MR) is 87.3 cm³/mol. The van der Waals surface area contributed by atoms with Crippen LogP contribution in [0, 0.1) is 0 Å². The Morgan fingerprint density at radius 2 is 1.86 bits per heavy atom. The summed E-state index contributed by atoms with van der Waals surface area (Å²) in [7, 11) is 1.69. The van der Waals surface area contributed by atoms with E-state index in [1.165, 1.54) is 11.1 Å². The molecule has 112 valence electrons. The third kappa shape index (κ3) is 4.06. The zero-order valence-electron chi connectivity index (χ0n) is 12.8. The lowest BCUT2D eigenvalue weighted by Crippen LogP contribution is -2.33. The van der Waals surface area contributed by atoms with E-state index in [4.69, 9.17) is 10.5 Å². The van der Waals surface area contributed by atoms with Crippen LogP contribution >= 0.6 is 0 Å². The van der Waals surface area contributed by atoms with Crippen LogP contribution in [-0.2, 0) is 6.54 Å². The number of methoxy groups -OCH3 is 1. The number of nitrogens with two attached hydrogens (primary N) is 1. The normalized spacial score (nSPS) is 12.4. The topological polar surface area (TPSA) is 38.5 Å². The van der Waals surface area contributed by atoms with Gasteiger partial charge in [0.05, 0.1) is 7.11 Å². The molecule has 0 radical (unpaired) electrons. The quantitative estimate of drug-likeness (QED) is 0.848. The highest BCUT2D eigenvalue weighted by molar-refractivity contribution is 5.31. The summed E-state index contributed by atoms with van der Waals surface area (Å²) < 4.78 is 5.32. The minimum Gasteiger partial charge on any atom is -0.497 e. The fraction of sp³-hybridized carbons (Fsp3) is 0.333. The molecule has 0 spiro atoms. The number of hydrogen-bond acceptors (Lipinski definition) is 3. The van der Waals surface area contributed by atoms with Crippen molar-refractivity contribution in [3.63, 3.8) is 0 Å². The fourth-order valence-electron chi connectivity index (χ4n) is 2.61. The summed E-state index contributed by atoms with van der Waals surface area (Å²) in [6.45, 7) is 4.62. The Morgan fingerprint density at radius 3 is 2.48 bits per heavy atom. The summed E-state index contributed by atoms with van der Waals surface area (Å²) in [4.78, 5) is 2.39. The van der Waals surface area contributed by atoms with E-state index in [0.29, 0.717) is 6.54 Å². The van der Waals surface area contributed by atoms with Gasteiger partial charge >= 0.3 is 0 Å². The second-order valence-corrected chi connectivity index (χ2v) is 5.08. The van der Waals surface area contributed by atoms with Gasteiger partial charge in [0.1, 0.15) is 5.75 Å². The van der Waals surface area contributed by atoms with Gasteiger partial charge in [-0.2, -0.15) is 0 Å². The standard InChI is InChI=1S/C18H24N2O/c1-3-20(14-15-8-5-4-6-9-15)18(13-19)16-10-7-11-17(12-16)21-2/h4-12,18H,3,13-14,19H2,1-2H3. The van der Waals surface area contributed by atoms with Crippen LogP contribution in [0.4, 0.5) is 0 Å². The first-order valence-corrected chi connectivity index (χ1v) is 7.40. The molecule has 2 aromatic carbocycles. The van der Waals surface area contributed by atoms with E-state index < -0.39 is 0 Å². The van der Waals surface area contributed by atoms with E-state index in [2.05, 4.69) is 48.2 Å². The van der Waals surface area contributed by atoms with Crippen molar-refractivity contribution in [1.29, 1.82) is 0 Å². The monoisotopic (exact) mass is 284 g/mol. The van der Waals surface area contributed by atoms with E-state index in [9.17, 15) is 0 Å². The Morgan fingerprint density at radius 1 is 1.10 bits per heavy atom. The molecule has 3 nitrogen and oxygen atoms in total. The first-order chi connectivity index (χ1) is 10.3. The molecule has 1 atom stereocenters. The summed E-state index contributed by atoms with van der Waals surface area (Å²) in [5, 5.41) is 0. The second-order valence-electron chi connectivity index (χ2n) is 5.08. The highest BCUT2D eigenvalue weighted by Crippen LogP contribution is 2.24. The second kappa shape index (κ2) is 7.81. The van der Waals surface area contributed by atoms with E-state index >= 15 is 0 Å². The maximum absolute atomic E-state index is 6.04. The molecule has 21 heavy (non-hydrogen) atoms. The molecule has 0 saturated heterocycles. The van der Waals surface area contributed by atoms with Crippen LogP contribution in [0.2, 0.25) is 0 Å². The van der Waals surface area contributed by atoms with Crippen LogP contribution in [0.1, 0.15) is 24.1 Å². The molecule has 2 aromatic rings. The van der Waals surface area contributed by atoms with Gasteiger partial charge in [-0.15, -0.1) is 0 Å². The summed E-state index contributed by atoms with van der Waals surface area (Å²) in [6, 6.07) is 18.9. The number of nitrogens with zero attached hydrogens (tertiary/aromatic N) is 1. The van der Waals surface area contributed by atoms with E-state index in [1.54, 1.807) is 7.11 Å². The third-order valence-corrected chi connectivity index (χ3v) is 3.78. The van der Waals surface area contributed by atoms with Crippen LogP contribution in [0.15, 0.2) is 54.6 Å². The predicted octanol–water partition coefficient (Wildman–Crippen LogP) is 3.22. The van der Waals surface area contributed by atoms with Crippen LogP contribution < -0.4 is 10.5 Å². The van der Waals surface area contributed by atoms with E-state index in [-0.39, 0.29) is 6.04 Å². The van der Waals surface area contributed by atoms with Crippen molar-refractivity contribution >= 4 is 0 Å². The van der Waals surface area contributed by atoms with E-state index in [1.807, 2.05) is 18.2 Å². The Hall–Kier alpha value is -1.84. The van der Waals surface area contributed by atoms with Gasteiger partial charge in [-0.25, -0.2) is 0 Å². The van der Waals surface area contributed by atoms with Gasteiger partial charge in [0.2, 0.25) is 0 Å². The van der Waals surface area contributed by atoms with Crippen LogP contribution in [0.25, 0.3) is 0 Å². The average Bonchev–Trinajstić information content (AvgIpc) is 2.55. The molecule has 0 saturated carbocycles. The maximum Gasteiger partial charge on any atom is 0.119 e. The molecule has 2 rings (SSSR count). The fourth-order valence-corrected chi connectivity index (χ4v) is 2.61. The first kappa shape index (κ1) is 15.5. The van der Waals surface area contributed by atoms with Crippen LogP contribution in [0.3, 0.4) is 0 Å². The minimum atomic E-state index is 0.199. The maximum atomic E-state index is 6.04. The number of benzene rings is 2. The van der Waals surface area contributed by atoms with Crippen molar-refractivity contribution in [2.45, 2.75) is 19.5 Å². The van der Waals surface area contributed by atoms with Gasteiger partial charge in [-0.3, -0.25) is 4.90 Å². The Kier molecular flexibility index (Phi) is 5.78. The zero-order chi connectivity index (χ0) is 15.1. The van der Waals surface area contributed by atoms with Crippen molar-refractivity contribution in [3.8, 4) is 5.75 Å². The SMILES string of the molecule is CCN(Cc1ccccc1)C(CN)c1cccc(OC)c1. The Labute approximate surface area is 127 Å². The molecule has 0 fully saturated rings. The minimum absolute atomic E-state index is 0.199. The summed E-state index contributed by atoms with van der Waals surface area (Å²) in [5.74, 6) is 0.877. The van der Waals surface area contributed by atoms with Gasteiger partial charge in [-0.05, 0) is 29.8 Å². The smallest absolute Gasteiger partial charge is 0.119 e. The molecule has 3 heteroatoms. The molecular weight excluding hydrogens is 260 g/mol. The highest BCUT2D eigenvalue weighted by atomic mass is 16.5.